The van der Waals surface area contributed by atoms with Crippen LogP contribution in [0.4, 0.5) is 0 Å². The van der Waals surface area contributed by atoms with Crippen LogP contribution >= 0.6 is 0 Å². The number of carbonyl (C=O) groups is 2. The number of ether oxygens (including phenoxy) is 1. The Morgan fingerprint density at radius 2 is 1.89 bits per heavy atom. The smallest absolute Gasteiger partial charge is 0.303 e. The summed E-state index contributed by atoms with van der Waals surface area (Å²) in [7, 11) is 1.66. The number of benzene rings is 1. The maximum absolute atomic E-state index is 12.2. The van der Waals surface area contributed by atoms with Crippen LogP contribution in [0.2, 0.25) is 0 Å². The van der Waals surface area contributed by atoms with Crippen molar-refractivity contribution in [3.8, 4) is 5.69 Å². The molecule has 0 atom stereocenters. The number of hydrogen-bond donors (Lipinski definition) is 2. The first-order valence-corrected chi connectivity index (χ1v) is 9.08. The summed E-state index contributed by atoms with van der Waals surface area (Å²) in [5, 5.41) is 16.3. The van der Waals surface area contributed by atoms with E-state index in [-0.39, 0.29) is 12.3 Å². The number of nitrogens with one attached hydrogen (secondary N) is 1. The Morgan fingerprint density at radius 3 is 2.52 bits per heavy atom. The number of aromatic nitrogens is 2. The zero-order chi connectivity index (χ0) is 19.8. The second-order valence-corrected chi connectivity index (χ2v) is 6.46. The standard InChI is InChI=1S/C20H27N3O4/c1-14-18(10-11-19(24)25)15(2)23(22-14)17-8-6-16(7-9-17)20(26)21-12-4-5-13-27-3/h6-9H,4-5,10-13H2,1-3H3,(H,21,26)(H,24,25). The summed E-state index contributed by atoms with van der Waals surface area (Å²) in [6.07, 6.45) is 2.33. The average molecular weight is 373 g/mol. The molecule has 0 fully saturated rings. The first-order valence-electron chi connectivity index (χ1n) is 9.08. The quantitative estimate of drug-likeness (QED) is 0.625. The molecule has 0 saturated heterocycles. The van der Waals surface area contributed by atoms with Crippen LogP contribution in [0.25, 0.3) is 5.69 Å². The first-order chi connectivity index (χ1) is 12.9. The fourth-order valence-corrected chi connectivity index (χ4v) is 2.95. The highest BCUT2D eigenvalue weighted by Crippen LogP contribution is 2.20. The number of aliphatic carboxylic acids is 1. The Labute approximate surface area is 159 Å². The molecule has 1 aromatic carbocycles. The Kier molecular flexibility index (Phi) is 7.55. The number of amides is 1. The molecule has 1 amide bonds. The van der Waals surface area contributed by atoms with Gasteiger partial charge in [0.15, 0.2) is 0 Å². The number of nitrogens with zero attached hydrogens (tertiary/aromatic N) is 2. The van der Waals surface area contributed by atoms with Gasteiger partial charge < -0.3 is 15.2 Å². The monoisotopic (exact) mass is 373 g/mol. The molecule has 2 N–H and O–H groups in total. The number of carboxylic acid groups (broad SMARTS) is 1. The van der Waals surface area contributed by atoms with Gasteiger partial charge in [-0.1, -0.05) is 0 Å². The highest BCUT2D eigenvalue weighted by Gasteiger charge is 2.14. The number of rotatable bonds is 10. The minimum absolute atomic E-state index is 0.0802. The van der Waals surface area contributed by atoms with Crippen molar-refractivity contribution in [2.45, 2.75) is 39.5 Å². The Balaban J connectivity index is 2.03. The van der Waals surface area contributed by atoms with E-state index in [1.54, 1.807) is 23.9 Å². The number of carbonyl (C=O) groups excluding carboxylic acids is 1. The molecule has 2 rings (SSSR count). The molecule has 27 heavy (non-hydrogen) atoms. The average Bonchev–Trinajstić information content (AvgIpc) is 2.93. The number of methoxy groups -OCH3 is 1. The van der Waals surface area contributed by atoms with E-state index >= 15 is 0 Å². The molecular weight excluding hydrogens is 346 g/mol. The van der Waals surface area contributed by atoms with E-state index in [9.17, 15) is 9.59 Å². The molecule has 0 radical (unpaired) electrons. The van der Waals surface area contributed by atoms with Crippen molar-refractivity contribution in [3.05, 3.63) is 46.8 Å². The van der Waals surface area contributed by atoms with E-state index < -0.39 is 5.97 Å². The van der Waals surface area contributed by atoms with Crippen molar-refractivity contribution in [2.24, 2.45) is 0 Å². The topological polar surface area (TPSA) is 93.5 Å². The summed E-state index contributed by atoms with van der Waals surface area (Å²) >= 11 is 0. The van der Waals surface area contributed by atoms with Crippen molar-refractivity contribution in [1.29, 1.82) is 0 Å². The molecule has 7 nitrogen and oxygen atoms in total. The lowest BCUT2D eigenvalue weighted by atomic mass is 10.1. The molecule has 0 aliphatic heterocycles. The molecule has 7 heteroatoms. The lowest BCUT2D eigenvalue weighted by molar-refractivity contribution is -0.136. The van der Waals surface area contributed by atoms with Crippen molar-refractivity contribution in [2.75, 3.05) is 20.3 Å². The summed E-state index contributed by atoms with van der Waals surface area (Å²) in [6.45, 7) is 5.12. The van der Waals surface area contributed by atoms with Crippen LogP contribution in [0.15, 0.2) is 24.3 Å². The van der Waals surface area contributed by atoms with Gasteiger partial charge in [-0.05, 0) is 62.9 Å². The first kappa shape index (κ1) is 20.6. The highest BCUT2D eigenvalue weighted by molar-refractivity contribution is 5.94. The number of aryl methyl sites for hydroxylation is 1. The van der Waals surface area contributed by atoms with Crippen LogP contribution < -0.4 is 5.32 Å². The Hall–Kier alpha value is -2.67. The van der Waals surface area contributed by atoms with Gasteiger partial charge in [0.05, 0.1) is 11.4 Å². The third-order valence-electron chi connectivity index (χ3n) is 4.46. The summed E-state index contributed by atoms with van der Waals surface area (Å²) in [5.74, 6) is -0.923. The van der Waals surface area contributed by atoms with Crippen LogP contribution in [0, 0.1) is 13.8 Å². The third-order valence-corrected chi connectivity index (χ3v) is 4.46. The lowest BCUT2D eigenvalue weighted by Gasteiger charge is -2.08. The van der Waals surface area contributed by atoms with E-state index in [1.807, 2.05) is 26.0 Å². The second-order valence-electron chi connectivity index (χ2n) is 6.46. The van der Waals surface area contributed by atoms with Crippen LogP contribution in [-0.4, -0.2) is 47.0 Å². The maximum Gasteiger partial charge on any atom is 0.303 e. The summed E-state index contributed by atoms with van der Waals surface area (Å²) in [6, 6.07) is 7.24. The number of unbranched alkanes of at least 4 members (excludes halogenated alkanes) is 1. The van der Waals surface area contributed by atoms with Gasteiger partial charge in [-0.3, -0.25) is 9.59 Å². The molecule has 146 valence electrons. The number of hydrogen-bond acceptors (Lipinski definition) is 4. The molecular formula is C20H27N3O4. The normalized spacial score (nSPS) is 10.8. The predicted molar refractivity (Wildman–Crippen MR) is 102 cm³/mol. The molecule has 0 unspecified atom stereocenters. The van der Waals surface area contributed by atoms with E-state index in [0.29, 0.717) is 25.1 Å². The Morgan fingerprint density at radius 1 is 1.19 bits per heavy atom. The molecule has 0 spiro atoms. The lowest BCUT2D eigenvalue weighted by Crippen LogP contribution is -2.24. The van der Waals surface area contributed by atoms with Crippen molar-refractivity contribution >= 4 is 11.9 Å². The fourth-order valence-electron chi connectivity index (χ4n) is 2.95. The summed E-state index contributed by atoms with van der Waals surface area (Å²) in [5.41, 5.74) is 4.14. The van der Waals surface area contributed by atoms with Gasteiger partial charge in [0.2, 0.25) is 0 Å². The molecule has 0 bridgehead atoms. The van der Waals surface area contributed by atoms with Crippen molar-refractivity contribution in [3.63, 3.8) is 0 Å². The molecule has 0 saturated carbocycles. The predicted octanol–water partition coefficient (Wildman–Crippen LogP) is 2.66. The molecule has 0 aliphatic carbocycles. The Bertz CT molecular complexity index is 781. The molecule has 2 aromatic rings. The van der Waals surface area contributed by atoms with Gasteiger partial charge in [0, 0.05) is 37.9 Å². The zero-order valence-corrected chi connectivity index (χ0v) is 16.1. The zero-order valence-electron chi connectivity index (χ0n) is 16.1. The minimum Gasteiger partial charge on any atom is -0.481 e. The largest absolute Gasteiger partial charge is 0.481 e. The van der Waals surface area contributed by atoms with E-state index in [4.69, 9.17) is 9.84 Å². The fraction of sp³-hybridized carbons (Fsp3) is 0.450. The summed E-state index contributed by atoms with van der Waals surface area (Å²) in [4.78, 5) is 23.0. The van der Waals surface area contributed by atoms with Crippen LogP contribution in [-0.2, 0) is 16.0 Å². The molecule has 0 aliphatic rings. The number of carboxylic acids is 1. The highest BCUT2D eigenvalue weighted by atomic mass is 16.5. The minimum atomic E-state index is -0.820. The maximum atomic E-state index is 12.2. The van der Waals surface area contributed by atoms with Gasteiger partial charge in [-0.2, -0.15) is 5.10 Å². The molecule has 1 heterocycles. The van der Waals surface area contributed by atoms with Crippen molar-refractivity contribution in [1.82, 2.24) is 15.1 Å². The van der Waals surface area contributed by atoms with Crippen LogP contribution in [0.3, 0.4) is 0 Å². The molecule has 1 aromatic heterocycles. The van der Waals surface area contributed by atoms with Gasteiger partial charge in [0.1, 0.15) is 0 Å². The SMILES string of the molecule is COCCCCNC(=O)c1ccc(-n2nc(C)c(CCC(=O)O)c2C)cc1. The van der Waals surface area contributed by atoms with Gasteiger partial charge in [-0.15, -0.1) is 0 Å². The van der Waals surface area contributed by atoms with Crippen molar-refractivity contribution < 1.29 is 19.4 Å². The second kappa shape index (κ2) is 9.87. The van der Waals surface area contributed by atoms with Gasteiger partial charge in [-0.25, -0.2) is 4.68 Å². The van der Waals surface area contributed by atoms with E-state index in [1.165, 1.54) is 0 Å². The van der Waals surface area contributed by atoms with Gasteiger partial charge in [0.25, 0.3) is 5.91 Å². The summed E-state index contributed by atoms with van der Waals surface area (Å²) < 4.78 is 6.78. The van der Waals surface area contributed by atoms with Crippen LogP contribution in [0.5, 0.6) is 0 Å². The van der Waals surface area contributed by atoms with Gasteiger partial charge >= 0.3 is 5.97 Å². The van der Waals surface area contributed by atoms with E-state index in [0.717, 1.165) is 35.5 Å². The van der Waals surface area contributed by atoms with Crippen LogP contribution in [0.1, 0.15) is 46.6 Å². The third kappa shape index (κ3) is 5.65. The van der Waals surface area contributed by atoms with E-state index in [2.05, 4.69) is 10.4 Å².